The van der Waals surface area contributed by atoms with E-state index in [1.54, 1.807) is 12.1 Å². The number of benzene rings is 3. The average Bonchev–Trinajstić information content (AvgIpc) is 2.95. The molecule has 1 aliphatic rings. The van der Waals surface area contributed by atoms with Gasteiger partial charge in [-0.1, -0.05) is 17.9 Å². The van der Waals surface area contributed by atoms with Crippen molar-refractivity contribution in [1.82, 2.24) is 20.6 Å². The number of fused-ring (bicyclic) bond motifs is 1. The Balaban J connectivity index is 1.27. The van der Waals surface area contributed by atoms with E-state index in [1.807, 2.05) is 55.5 Å². The number of ether oxygens (including phenoxy) is 2. The smallest absolute Gasteiger partial charge is 0.251 e. The highest BCUT2D eigenvalue weighted by Crippen LogP contribution is 2.30. The number of nitrogens with one attached hydrogen (secondary N) is 3. The number of methoxy groups -OCH3 is 1. The molecular weight excluding hydrogens is 518 g/mol. The molecule has 0 spiro atoms. The molecule has 0 atom stereocenters. The summed E-state index contributed by atoms with van der Waals surface area (Å²) in [5.41, 5.74) is 3.89. The summed E-state index contributed by atoms with van der Waals surface area (Å²) in [5, 5.41) is 9.93. The van der Waals surface area contributed by atoms with Gasteiger partial charge in [-0.2, -0.15) is 0 Å². The molecule has 1 heterocycles. The Morgan fingerprint density at radius 2 is 1.93 bits per heavy atom. The number of aromatic nitrogens is 2. The first-order chi connectivity index (χ1) is 20.0. The lowest BCUT2D eigenvalue weighted by Gasteiger charge is -2.26. The minimum Gasteiger partial charge on any atom is -0.457 e. The van der Waals surface area contributed by atoms with Crippen molar-refractivity contribution in [1.29, 1.82) is 0 Å². The summed E-state index contributed by atoms with van der Waals surface area (Å²) < 4.78 is 10.9. The molecule has 3 aromatic carbocycles. The zero-order valence-corrected chi connectivity index (χ0v) is 23.0. The number of hydrogen-bond donors (Lipinski definition) is 3. The lowest BCUT2D eigenvalue weighted by Crippen LogP contribution is -2.39. The fraction of sp³-hybridized carbons (Fsp3) is 0.250. The summed E-state index contributed by atoms with van der Waals surface area (Å²) >= 11 is 0. The zero-order chi connectivity index (χ0) is 28.6. The number of rotatable bonds is 9. The number of hydrogen-bond acceptors (Lipinski definition) is 7. The molecule has 9 nitrogen and oxygen atoms in total. The maximum absolute atomic E-state index is 12.6. The molecule has 0 unspecified atom stereocenters. The van der Waals surface area contributed by atoms with Crippen LogP contribution in [-0.4, -0.2) is 48.1 Å². The van der Waals surface area contributed by atoms with Gasteiger partial charge in [0, 0.05) is 35.4 Å². The van der Waals surface area contributed by atoms with Crippen LogP contribution >= 0.6 is 0 Å². The van der Waals surface area contributed by atoms with Gasteiger partial charge in [-0.25, -0.2) is 9.97 Å². The molecule has 208 valence electrons. The van der Waals surface area contributed by atoms with Crippen LogP contribution in [0.5, 0.6) is 11.5 Å². The van der Waals surface area contributed by atoms with E-state index in [-0.39, 0.29) is 31.0 Å². The second-order valence-corrected chi connectivity index (χ2v) is 9.80. The third-order valence-corrected chi connectivity index (χ3v) is 6.72. The Morgan fingerprint density at radius 1 is 1.05 bits per heavy atom. The van der Waals surface area contributed by atoms with Crippen LogP contribution in [0.4, 0.5) is 11.5 Å². The molecule has 9 heteroatoms. The van der Waals surface area contributed by atoms with Crippen LogP contribution in [0.25, 0.3) is 10.9 Å². The second kappa shape index (κ2) is 12.9. The quantitative estimate of drug-likeness (QED) is 0.255. The number of nitrogens with zero attached hydrogens (tertiary/aromatic N) is 2. The molecule has 2 amide bonds. The van der Waals surface area contributed by atoms with Gasteiger partial charge in [-0.05, 0) is 86.3 Å². The van der Waals surface area contributed by atoms with Gasteiger partial charge in [0.15, 0.2) is 0 Å². The van der Waals surface area contributed by atoms with Gasteiger partial charge in [0.25, 0.3) is 5.91 Å². The Kier molecular flexibility index (Phi) is 8.72. The molecule has 5 rings (SSSR count). The molecule has 1 aliphatic carbocycles. The van der Waals surface area contributed by atoms with E-state index >= 15 is 0 Å². The Morgan fingerprint density at radius 3 is 2.71 bits per heavy atom. The van der Waals surface area contributed by atoms with Crippen molar-refractivity contribution in [3.05, 3.63) is 83.7 Å². The minimum atomic E-state index is -0.216. The predicted octanol–water partition coefficient (Wildman–Crippen LogP) is 4.87. The van der Waals surface area contributed by atoms with Gasteiger partial charge in [-0.3, -0.25) is 9.59 Å². The van der Waals surface area contributed by atoms with E-state index < -0.39 is 0 Å². The Hall–Kier alpha value is -4.94. The number of amides is 2. The molecular formula is C32H31N5O4. The summed E-state index contributed by atoms with van der Waals surface area (Å²) in [5.74, 6) is 7.65. The van der Waals surface area contributed by atoms with Crippen LogP contribution in [-0.2, 0) is 9.53 Å². The van der Waals surface area contributed by atoms with Crippen molar-refractivity contribution in [3.63, 3.8) is 0 Å². The van der Waals surface area contributed by atoms with Crippen LogP contribution in [0, 0.1) is 18.8 Å². The van der Waals surface area contributed by atoms with Gasteiger partial charge >= 0.3 is 0 Å². The number of carbonyl (C=O) groups excluding carboxylic acids is 2. The molecule has 1 saturated carbocycles. The zero-order valence-electron chi connectivity index (χ0n) is 23.0. The monoisotopic (exact) mass is 549 g/mol. The average molecular weight is 550 g/mol. The molecule has 0 aliphatic heterocycles. The first-order valence-corrected chi connectivity index (χ1v) is 13.4. The SMILES string of the molecule is COCC(=O)NCC#Cc1ccc2ncnc(Nc3ccc(Oc4cccc(C(=O)NC5CCC5)c4)c(C)c3)c2c1. The minimum absolute atomic E-state index is 0.00283. The normalized spacial score (nSPS) is 12.5. The molecule has 0 saturated heterocycles. The van der Waals surface area contributed by atoms with Gasteiger partial charge in [-0.15, -0.1) is 0 Å². The lowest BCUT2D eigenvalue weighted by molar-refractivity contribution is -0.124. The number of anilines is 2. The van der Waals surface area contributed by atoms with E-state index in [9.17, 15) is 9.59 Å². The van der Waals surface area contributed by atoms with Gasteiger partial charge in [0.2, 0.25) is 5.91 Å². The van der Waals surface area contributed by atoms with Crippen LogP contribution in [0.15, 0.2) is 67.0 Å². The summed E-state index contributed by atoms with van der Waals surface area (Å²) in [6.07, 6.45) is 4.76. The van der Waals surface area contributed by atoms with Crippen LogP contribution in [0.3, 0.4) is 0 Å². The molecule has 1 fully saturated rings. The van der Waals surface area contributed by atoms with Crippen LogP contribution in [0.2, 0.25) is 0 Å². The highest BCUT2D eigenvalue weighted by atomic mass is 16.5. The van der Waals surface area contributed by atoms with Gasteiger partial charge in [0.1, 0.15) is 30.3 Å². The van der Waals surface area contributed by atoms with Gasteiger partial charge in [0.05, 0.1) is 12.1 Å². The summed E-state index contributed by atoms with van der Waals surface area (Å²) in [7, 11) is 1.47. The number of aryl methyl sites for hydroxylation is 1. The molecule has 3 N–H and O–H groups in total. The number of carbonyl (C=O) groups is 2. The van der Waals surface area contributed by atoms with Crippen molar-refractivity contribution < 1.29 is 19.1 Å². The first kappa shape index (κ1) is 27.6. The molecule has 0 radical (unpaired) electrons. The summed E-state index contributed by atoms with van der Waals surface area (Å²) in [6, 6.07) is 19.0. The van der Waals surface area contributed by atoms with Crippen molar-refractivity contribution >= 4 is 34.2 Å². The molecule has 0 bridgehead atoms. The predicted molar refractivity (Wildman–Crippen MR) is 157 cm³/mol. The van der Waals surface area contributed by atoms with E-state index in [4.69, 9.17) is 9.47 Å². The highest BCUT2D eigenvalue weighted by Gasteiger charge is 2.20. The van der Waals surface area contributed by atoms with E-state index in [0.717, 1.165) is 40.6 Å². The third kappa shape index (κ3) is 7.18. The topological polar surface area (TPSA) is 114 Å². The van der Waals surface area contributed by atoms with Crippen molar-refractivity contribution in [2.45, 2.75) is 32.2 Å². The Labute approximate surface area is 238 Å². The highest BCUT2D eigenvalue weighted by molar-refractivity contribution is 5.95. The maximum Gasteiger partial charge on any atom is 0.251 e. The standard InChI is InChI=1S/C32H31N5O4/c1-21-16-25(12-14-29(21)41-26-10-3-7-23(18-26)32(39)37-24-8-4-9-24)36-31-27-17-22(11-13-28(27)34-20-35-31)6-5-15-33-30(38)19-40-2/h3,7,10-14,16-18,20,24H,4,8-9,15,19H2,1-2H3,(H,33,38)(H,37,39)(H,34,35,36). The third-order valence-electron chi connectivity index (χ3n) is 6.72. The van der Waals surface area contributed by atoms with Gasteiger partial charge < -0.3 is 25.4 Å². The molecule has 41 heavy (non-hydrogen) atoms. The van der Waals surface area contributed by atoms with E-state index in [1.165, 1.54) is 19.9 Å². The first-order valence-electron chi connectivity index (χ1n) is 13.4. The Bertz CT molecular complexity index is 1640. The molecule has 1 aromatic heterocycles. The van der Waals surface area contributed by atoms with Crippen LogP contribution < -0.4 is 20.7 Å². The van der Waals surface area contributed by atoms with Crippen LogP contribution in [0.1, 0.15) is 40.7 Å². The maximum atomic E-state index is 12.6. The second-order valence-electron chi connectivity index (χ2n) is 9.80. The van der Waals surface area contributed by atoms with Crippen molar-refractivity contribution in [3.8, 4) is 23.3 Å². The summed E-state index contributed by atoms with van der Waals surface area (Å²) in [6.45, 7) is 2.19. The van der Waals surface area contributed by atoms with E-state index in [2.05, 4.69) is 37.8 Å². The van der Waals surface area contributed by atoms with Crippen molar-refractivity contribution in [2.75, 3.05) is 25.6 Å². The molecule has 4 aromatic rings. The van der Waals surface area contributed by atoms with E-state index in [0.29, 0.717) is 22.9 Å². The fourth-order valence-electron chi connectivity index (χ4n) is 4.33. The summed E-state index contributed by atoms with van der Waals surface area (Å²) in [4.78, 5) is 32.9. The lowest BCUT2D eigenvalue weighted by atomic mass is 9.93. The fourth-order valence-corrected chi connectivity index (χ4v) is 4.33. The van der Waals surface area contributed by atoms with Crippen molar-refractivity contribution in [2.24, 2.45) is 0 Å². The largest absolute Gasteiger partial charge is 0.457 e.